The third-order valence-electron chi connectivity index (χ3n) is 4.49. The number of rotatable bonds is 8. The van der Waals surface area contributed by atoms with Crippen molar-refractivity contribution in [3.8, 4) is 0 Å². The van der Waals surface area contributed by atoms with Crippen LogP contribution in [-0.4, -0.2) is 40.1 Å². The first-order valence-corrected chi connectivity index (χ1v) is 10.6. The van der Waals surface area contributed by atoms with E-state index < -0.39 is 10.0 Å². The third-order valence-corrected chi connectivity index (χ3v) is 5.97. The lowest BCUT2D eigenvalue weighted by Crippen LogP contribution is -2.31. The summed E-state index contributed by atoms with van der Waals surface area (Å²) in [6.45, 7) is 1.53. The monoisotopic (exact) mass is 388 g/mol. The van der Waals surface area contributed by atoms with Gasteiger partial charge in [0, 0.05) is 25.3 Å². The van der Waals surface area contributed by atoms with E-state index in [2.05, 4.69) is 10.0 Å². The van der Waals surface area contributed by atoms with Crippen LogP contribution in [0.3, 0.4) is 0 Å². The molecule has 6 nitrogen and oxygen atoms in total. The summed E-state index contributed by atoms with van der Waals surface area (Å²) in [5.41, 5.74) is 1.50. The number of carbonyl (C=O) groups is 1. The summed E-state index contributed by atoms with van der Waals surface area (Å²) in [4.78, 5) is 12.3. The predicted octanol–water partition coefficient (Wildman–Crippen LogP) is 2.12. The highest BCUT2D eigenvalue weighted by Gasteiger charge is 2.18. The molecule has 0 aromatic heterocycles. The van der Waals surface area contributed by atoms with Crippen molar-refractivity contribution in [1.29, 1.82) is 0 Å². The maximum Gasteiger partial charge on any atom is 0.251 e. The Bertz CT molecular complexity index is 845. The molecular formula is C20H24N2O4S. The minimum atomic E-state index is -3.60. The van der Waals surface area contributed by atoms with Crippen LogP contribution in [0.2, 0.25) is 0 Å². The Labute approximate surface area is 160 Å². The summed E-state index contributed by atoms with van der Waals surface area (Å²) in [6, 6.07) is 15.6. The van der Waals surface area contributed by atoms with E-state index in [0.717, 1.165) is 25.0 Å². The Morgan fingerprint density at radius 3 is 2.48 bits per heavy atom. The van der Waals surface area contributed by atoms with Gasteiger partial charge in [0.2, 0.25) is 10.0 Å². The van der Waals surface area contributed by atoms with Crippen molar-refractivity contribution < 1.29 is 17.9 Å². The van der Waals surface area contributed by atoms with E-state index in [-0.39, 0.29) is 16.9 Å². The van der Waals surface area contributed by atoms with E-state index in [1.54, 1.807) is 0 Å². The van der Waals surface area contributed by atoms with Gasteiger partial charge >= 0.3 is 0 Å². The number of hydrogen-bond acceptors (Lipinski definition) is 4. The molecule has 144 valence electrons. The second-order valence-electron chi connectivity index (χ2n) is 6.50. The Morgan fingerprint density at radius 1 is 1.07 bits per heavy atom. The van der Waals surface area contributed by atoms with Gasteiger partial charge in [-0.2, -0.15) is 0 Å². The lowest BCUT2D eigenvalue weighted by molar-refractivity contribution is 0.0857. The summed E-state index contributed by atoms with van der Waals surface area (Å²) in [6.07, 6.45) is 2.66. The fraction of sp³-hybridized carbons (Fsp3) is 0.350. The second kappa shape index (κ2) is 9.12. The van der Waals surface area contributed by atoms with E-state index >= 15 is 0 Å². The van der Waals surface area contributed by atoms with Crippen LogP contribution >= 0.6 is 0 Å². The van der Waals surface area contributed by atoms with E-state index in [9.17, 15) is 13.2 Å². The topological polar surface area (TPSA) is 84.5 Å². The van der Waals surface area contributed by atoms with Crippen molar-refractivity contribution in [3.63, 3.8) is 0 Å². The van der Waals surface area contributed by atoms with Crippen molar-refractivity contribution >= 4 is 15.9 Å². The Balaban J connectivity index is 1.52. The molecule has 0 saturated carbocycles. The molecule has 27 heavy (non-hydrogen) atoms. The number of ether oxygens (including phenoxy) is 1. The number of nitrogens with one attached hydrogen (secondary N) is 2. The molecule has 1 unspecified atom stereocenters. The molecule has 0 spiro atoms. The van der Waals surface area contributed by atoms with Gasteiger partial charge in [-0.25, -0.2) is 13.1 Å². The zero-order valence-corrected chi connectivity index (χ0v) is 15.9. The zero-order valence-electron chi connectivity index (χ0n) is 15.1. The number of carbonyl (C=O) groups excluding carboxylic acids is 1. The van der Waals surface area contributed by atoms with Gasteiger partial charge in [-0.3, -0.25) is 4.79 Å². The molecular weight excluding hydrogens is 364 g/mol. The van der Waals surface area contributed by atoms with Crippen molar-refractivity contribution in [1.82, 2.24) is 10.0 Å². The molecule has 1 atom stereocenters. The van der Waals surface area contributed by atoms with Crippen LogP contribution in [-0.2, 0) is 21.2 Å². The van der Waals surface area contributed by atoms with Crippen LogP contribution in [0.4, 0.5) is 0 Å². The largest absolute Gasteiger partial charge is 0.376 e. The van der Waals surface area contributed by atoms with E-state index in [0.29, 0.717) is 25.1 Å². The highest BCUT2D eigenvalue weighted by atomic mass is 32.2. The molecule has 2 aromatic rings. The third kappa shape index (κ3) is 5.63. The molecule has 0 bridgehead atoms. The summed E-state index contributed by atoms with van der Waals surface area (Å²) >= 11 is 0. The van der Waals surface area contributed by atoms with Gasteiger partial charge in [0.05, 0.1) is 11.0 Å². The molecule has 1 fully saturated rings. The molecule has 1 aliphatic rings. The fourth-order valence-corrected chi connectivity index (χ4v) is 3.99. The maximum atomic E-state index is 12.4. The van der Waals surface area contributed by atoms with E-state index in [1.165, 1.54) is 24.3 Å². The average Bonchev–Trinajstić information content (AvgIpc) is 3.20. The molecule has 3 rings (SSSR count). The number of benzene rings is 2. The molecule has 1 aliphatic heterocycles. The first kappa shape index (κ1) is 19.5. The van der Waals surface area contributed by atoms with Crippen LogP contribution in [0.25, 0.3) is 0 Å². The smallest absolute Gasteiger partial charge is 0.251 e. The van der Waals surface area contributed by atoms with Crippen molar-refractivity contribution in [2.45, 2.75) is 30.3 Å². The van der Waals surface area contributed by atoms with Gasteiger partial charge in [-0.05, 0) is 49.1 Å². The number of hydrogen-bond donors (Lipinski definition) is 2. The lowest BCUT2D eigenvalue weighted by Gasteiger charge is -2.11. The standard InChI is InChI=1S/C20H24N2O4S/c23-20(21-15-18-7-4-14-26-18)17-8-10-19(11-9-17)27(24,25)22-13-12-16-5-2-1-3-6-16/h1-3,5-6,8-11,18,22H,4,7,12-15H2,(H,21,23). The van der Waals surface area contributed by atoms with Gasteiger partial charge in [0.15, 0.2) is 0 Å². The van der Waals surface area contributed by atoms with Gasteiger partial charge in [0.25, 0.3) is 5.91 Å². The first-order chi connectivity index (χ1) is 13.0. The van der Waals surface area contributed by atoms with Crippen LogP contribution < -0.4 is 10.0 Å². The maximum absolute atomic E-state index is 12.4. The van der Waals surface area contributed by atoms with Crippen LogP contribution in [0.15, 0.2) is 59.5 Å². The molecule has 1 saturated heterocycles. The van der Waals surface area contributed by atoms with Crippen molar-refractivity contribution in [3.05, 3.63) is 65.7 Å². The molecule has 1 heterocycles. The zero-order chi connectivity index (χ0) is 19.1. The van der Waals surface area contributed by atoms with Gasteiger partial charge < -0.3 is 10.1 Å². The molecule has 2 N–H and O–H groups in total. The van der Waals surface area contributed by atoms with Gasteiger partial charge in [-0.1, -0.05) is 30.3 Å². The van der Waals surface area contributed by atoms with Crippen molar-refractivity contribution in [2.24, 2.45) is 0 Å². The predicted molar refractivity (Wildman–Crippen MR) is 103 cm³/mol. The van der Waals surface area contributed by atoms with E-state index in [1.807, 2.05) is 30.3 Å². The molecule has 7 heteroatoms. The number of amides is 1. The number of sulfonamides is 1. The molecule has 0 aliphatic carbocycles. The Kier molecular flexibility index (Phi) is 6.60. The van der Waals surface area contributed by atoms with E-state index in [4.69, 9.17) is 4.74 Å². The van der Waals surface area contributed by atoms with Gasteiger partial charge in [-0.15, -0.1) is 0 Å². The average molecular weight is 388 g/mol. The van der Waals surface area contributed by atoms with Crippen LogP contribution in [0.5, 0.6) is 0 Å². The minimum absolute atomic E-state index is 0.0717. The summed E-state index contributed by atoms with van der Waals surface area (Å²) in [5, 5.41) is 2.82. The van der Waals surface area contributed by atoms with Crippen LogP contribution in [0.1, 0.15) is 28.8 Å². The van der Waals surface area contributed by atoms with Gasteiger partial charge in [0.1, 0.15) is 0 Å². The molecule has 0 radical (unpaired) electrons. The SMILES string of the molecule is O=C(NCC1CCCO1)c1ccc(S(=O)(=O)NCCc2ccccc2)cc1. The highest BCUT2D eigenvalue weighted by molar-refractivity contribution is 7.89. The van der Waals surface area contributed by atoms with Crippen LogP contribution in [0, 0.1) is 0 Å². The highest BCUT2D eigenvalue weighted by Crippen LogP contribution is 2.13. The normalized spacial score (nSPS) is 17.0. The Hall–Kier alpha value is -2.22. The summed E-state index contributed by atoms with van der Waals surface area (Å²) in [5.74, 6) is -0.230. The summed E-state index contributed by atoms with van der Waals surface area (Å²) in [7, 11) is -3.60. The fourth-order valence-electron chi connectivity index (χ4n) is 2.96. The second-order valence-corrected chi connectivity index (χ2v) is 8.27. The first-order valence-electron chi connectivity index (χ1n) is 9.08. The molecule has 1 amide bonds. The molecule has 2 aromatic carbocycles. The minimum Gasteiger partial charge on any atom is -0.376 e. The summed E-state index contributed by atoms with van der Waals surface area (Å²) < 4.78 is 32.8. The Morgan fingerprint density at radius 2 is 1.81 bits per heavy atom. The quantitative estimate of drug-likeness (QED) is 0.725. The lowest BCUT2D eigenvalue weighted by atomic mass is 10.2. The van der Waals surface area contributed by atoms with Crippen molar-refractivity contribution in [2.75, 3.05) is 19.7 Å².